The van der Waals surface area contributed by atoms with E-state index in [-0.39, 0.29) is 30.0 Å². The average Bonchev–Trinajstić information content (AvgIpc) is 3.42. The van der Waals surface area contributed by atoms with Crippen molar-refractivity contribution >= 4 is 5.97 Å². The molecule has 2 aliphatic rings. The van der Waals surface area contributed by atoms with Crippen LogP contribution in [0.2, 0.25) is 0 Å². The molecule has 2 aromatic rings. The SMILES string of the molecule is COC(=O)c1cn([C@H]2CO[C@H]3[C@@H]2OC[C@@H]3NCc2cccc(C#N)c2)nn1. The summed E-state index contributed by atoms with van der Waals surface area (Å²) in [6.45, 7) is 1.57. The van der Waals surface area contributed by atoms with Crippen LogP contribution in [0.4, 0.5) is 0 Å². The van der Waals surface area contributed by atoms with E-state index in [1.807, 2.05) is 18.2 Å². The van der Waals surface area contributed by atoms with Crippen molar-refractivity contribution in [3.05, 3.63) is 47.3 Å². The molecule has 9 nitrogen and oxygen atoms in total. The summed E-state index contributed by atoms with van der Waals surface area (Å²) in [4.78, 5) is 11.6. The summed E-state index contributed by atoms with van der Waals surface area (Å²) in [6.07, 6.45) is 1.28. The summed E-state index contributed by atoms with van der Waals surface area (Å²) in [5.74, 6) is -0.525. The number of hydrogen-bond acceptors (Lipinski definition) is 8. The third-order valence-corrected chi connectivity index (χ3v) is 4.90. The van der Waals surface area contributed by atoms with E-state index in [1.165, 1.54) is 7.11 Å². The molecular weight excluding hydrogens is 350 g/mol. The highest BCUT2D eigenvalue weighted by Crippen LogP contribution is 2.34. The molecule has 0 unspecified atom stereocenters. The topological polar surface area (TPSA) is 111 Å². The number of nitriles is 1. The fourth-order valence-corrected chi connectivity index (χ4v) is 3.52. The van der Waals surface area contributed by atoms with Crippen LogP contribution in [-0.2, 0) is 20.8 Å². The molecule has 4 atom stereocenters. The van der Waals surface area contributed by atoms with Crippen molar-refractivity contribution < 1.29 is 19.0 Å². The third kappa shape index (κ3) is 3.42. The van der Waals surface area contributed by atoms with E-state index in [9.17, 15) is 4.79 Å². The Morgan fingerprint density at radius 1 is 1.41 bits per heavy atom. The first-order valence-electron chi connectivity index (χ1n) is 8.65. The lowest BCUT2D eigenvalue weighted by atomic mass is 10.1. The maximum absolute atomic E-state index is 11.6. The summed E-state index contributed by atoms with van der Waals surface area (Å²) in [7, 11) is 1.30. The summed E-state index contributed by atoms with van der Waals surface area (Å²) in [5, 5.41) is 20.3. The smallest absolute Gasteiger partial charge is 0.360 e. The van der Waals surface area contributed by atoms with Gasteiger partial charge in [0, 0.05) is 6.54 Å². The highest BCUT2D eigenvalue weighted by molar-refractivity contribution is 5.86. The van der Waals surface area contributed by atoms with Gasteiger partial charge in [-0.1, -0.05) is 17.3 Å². The molecule has 0 amide bonds. The Morgan fingerprint density at radius 3 is 3.07 bits per heavy atom. The van der Waals surface area contributed by atoms with Gasteiger partial charge < -0.3 is 19.5 Å². The van der Waals surface area contributed by atoms with Crippen LogP contribution in [0.5, 0.6) is 0 Å². The molecule has 2 aliphatic heterocycles. The van der Waals surface area contributed by atoms with Gasteiger partial charge in [0.25, 0.3) is 0 Å². The maximum Gasteiger partial charge on any atom is 0.360 e. The van der Waals surface area contributed by atoms with Gasteiger partial charge in [-0.2, -0.15) is 5.26 Å². The normalized spacial score (nSPS) is 26.5. The fourth-order valence-electron chi connectivity index (χ4n) is 3.52. The predicted octanol–water partition coefficient (Wildman–Crippen LogP) is 0.433. The highest BCUT2D eigenvalue weighted by Gasteiger charge is 2.48. The van der Waals surface area contributed by atoms with Crippen molar-refractivity contribution in [1.29, 1.82) is 5.26 Å². The van der Waals surface area contributed by atoms with Gasteiger partial charge in [-0.25, -0.2) is 9.48 Å². The molecule has 0 spiro atoms. The maximum atomic E-state index is 11.6. The minimum Gasteiger partial charge on any atom is -0.464 e. The van der Waals surface area contributed by atoms with E-state index in [4.69, 9.17) is 14.7 Å². The van der Waals surface area contributed by atoms with Crippen molar-refractivity contribution in [2.45, 2.75) is 30.8 Å². The summed E-state index contributed by atoms with van der Waals surface area (Å²) in [5.41, 5.74) is 1.83. The standard InChI is InChI=1S/C18H19N5O4/c1-25-18(24)13-8-23(22-21-13)15-10-27-16-14(9-26-17(15)16)20-7-12-4-2-3-11(5-12)6-19/h2-5,8,14-17,20H,7,9-10H2,1H3/t14-,15-,16+,17+/m0/s1. The van der Waals surface area contributed by atoms with E-state index in [2.05, 4.69) is 26.4 Å². The van der Waals surface area contributed by atoms with Crippen LogP contribution in [0.3, 0.4) is 0 Å². The Kier molecular flexibility index (Phi) is 4.85. The molecule has 140 valence electrons. The Hall–Kier alpha value is -2.80. The van der Waals surface area contributed by atoms with Gasteiger partial charge in [-0.3, -0.25) is 0 Å². The lowest BCUT2D eigenvalue weighted by Gasteiger charge is -2.18. The van der Waals surface area contributed by atoms with E-state index in [0.29, 0.717) is 25.3 Å². The number of esters is 1. The van der Waals surface area contributed by atoms with E-state index >= 15 is 0 Å². The molecule has 1 aromatic carbocycles. The van der Waals surface area contributed by atoms with Crippen molar-refractivity contribution in [1.82, 2.24) is 20.3 Å². The minimum absolute atomic E-state index is 0.0364. The van der Waals surface area contributed by atoms with Crippen LogP contribution in [0.15, 0.2) is 30.5 Å². The van der Waals surface area contributed by atoms with E-state index in [0.717, 1.165) is 5.56 Å². The molecule has 0 saturated carbocycles. The number of benzene rings is 1. The number of hydrogen-bond donors (Lipinski definition) is 1. The quantitative estimate of drug-likeness (QED) is 0.756. The fraction of sp³-hybridized carbons (Fsp3) is 0.444. The number of carbonyl (C=O) groups is 1. The molecule has 27 heavy (non-hydrogen) atoms. The highest BCUT2D eigenvalue weighted by atomic mass is 16.6. The molecule has 9 heteroatoms. The average molecular weight is 369 g/mol. The third-order valence-electron chi connectivity index (χ3n) is 4.90. The molecule has 1 aromatic heterocycles. The first kappa shape index (κ1) is 17.6. The van der Waals surface area contributed by atoms with Crippen LogP contribution in [0, 0.1) is 11.3 Å². The predicted molar refractivity (Wildman–Crippen MR) is 91.7 cm³/mol. The number of ether oxygens (including phenoxy) is 3. The monoisotopic (exact) mass is 369 g/mol. The minimum atomic E-state index is -0.525. The number of nitrogens with one attached hydrogen (secondary N) is 1. The number of methoxy groups -OCH3 is 1. The van der Waals surface area contributed by atoms with Crippen LogP contribution in [-0.4, -0.2) is 59.5 Å². The molecule has 4 rings (SSSR count). The summed E-state index contributed by atoms with van der Waals surface area (Å²) < 4.78 is 18.1. The Morgan fingerprint density at radius 2 is 2.26 bits per heavy atom. The number of aromatic nitrogens is 3. The summed E-state index contributed by atoms with van der Waals surface area (Å²) in [6, 6.07) is 9.53. The molecule has 3 heterocycles. The Balaban J connectivity index is 1.39. The molecule has 0 bridgehead atoms. The molecular formula is C18H19N5O4. The molecule has 2 fully saturated rings. The van der Waals surface area contributed by atoms with Gasteiger partial charge in [0.05, 0.1) is 44.2 Å². The van der Waals surface area contributed by atoms with Gasteiger partial charge in [-0.15, -0.1) is 5.10 Å². The number of nitrogens with zero attached hydrogens (tertiary/aromatic N) is 4. The van der Waals surface area contributed by atoms with Crippen molar-refractivity contribution in [2.75, 3.05) is 20.3 Å². The second-order valence-electron chi connectivity index (χ2n) is 6.54. The van der Waals surface area contributed by atoms with Crippen LogP contribution >= 0.6 is 0 Å². The van der Waals surface area contributed by atoms with Crippen LogP contribution < -0.4 is 5.32 Å². The molecule has 2 saturated heterocycles. The lowest BCUT2D eigenvalue weighted by Crippen LogP contribution is -2.40. The molecule has 0 radical (unpaired) electrons. The molecule has 0 aliphatic carbocycles. The van der Waals surface area contributed by atoms with Gasteiger partial charge in [-0.05, 0) is 17.7 Å². The number of carbonyl (C=O) groups excluding carboxylic acids is 1. The zero-order chi connectivity index (χ0) is 18.8. The van der Waals surface area contributed by atoms with Gasteiger partial charge in [0.1, 0.15) is 18.2 Å². The second-order valence-corrected chi connectivity index (χ2v) is 6.54. The van der Waals surface area contributed by atoms with Crippen LogP contribution in [0.1, 0.15) is 27.7 Å². The Bertz CT molecular complexity index is 877. The molecule has 1 N–H and O–H groups in total. The van der Waals surface area contributed by atoms with Gasteiger partial charge in [0.2, 0.25) is 0 Å². The first-order valence-corrected chi connectivity index (χ1v) is 8.65. The number of rotatable bonds is 5. The van der Waals surface area contributed by atoms with Crippen molar-refractivity contribution in [2.24, 2.45) is 0 Å². The van der Waals surface area contributed by atoms with Gasteiger partial charge in [0.15, 0.2) is 5.69 Å². The Labute approximate surface area is 155 Å². The second kappa shape index (κ2) is 7.44. The van der Waals surface area contributed by atoms with Crippen molar-refractivity contribution in [3.8, 4) is 6.07 Å². The van der Waals surface area contributed by atoms with Crippen LogP contribution in [0.25, 0.3) is 0 Å². The van der Waals surface area contributed by atoms with E-state index < -0.39 is 5.97 Å². The first-order chi connectivity index (χ1) is 13.2. The number of fused-ring (bicyclic) bond motifs is 1. The largest absolute Gasteiger partial charge is 0.464 e. The van der Waals surface area contributed by atoms with E-state index in [1.54, 1.807) is 16.9 Å². The zero-order valence-electron chi connectivity index (χ0n) is 14.7. The van der Waals surface area contributed by atoms with Crippen molar-refractivity contribution in [3.63, 3.8) is 0 Å². The summed E-state index contributed by atoms with van der Waals surface area (Å²) >= 11 is 0. The zero-order valence-corrected chi connectivity index (χ0v) is 14.7. The lowest BCUT2D eigenvalue weighted by molar-refractivity contribution is 0.0592. The van der Waals surface area contributed by atoms with Gasteiger partial charge >= 0.3 is 5.97 Å².